The van der Waals surface area contributed by atoms with Crippen LogP contribution in [0.5, 0.6) is 0 Å². The number of thiophene rings is 1. The smallest absolute Gasteiger partial charge is 0.256 e. The number of nitrogens with zero attached hydrogens (tertiary/aromatic N) is 1. The second kappa shape index (κ2) is 8.99. The number of nitrogens with two attached hydrogens (primary N) is 1. The lowest BCUT2D eigenvalue weighted by Gasteiger charge is -2.31. The molecule has 5 nitrogen and oxygen atoms in total. The molecule has 1 aromatic heterocycles. The van der Waals surface area contributed by atoms with Crippen molar-refractivity contribution in [1.82, 2.24) is 4.90 Å². The molecule has 0 atom stereocenters. The number of anilines is 1. The number of carbonyl (C=O) groups excluding carboxylic acids is 2. The Morgan fingerprint density at radius 1 is 1.20 bits per heavy atom. The van der Waals surface area contributed by atoms with Crippen molar-refractivity contribution in [3.8, 4) is 0 Å². The molecule has 0 aliphatic carbocycles. The Bertz CT molecular complexity index is 713. The van der Waals surface area contributed by atoms with Gasteiger partial charge in [-0.3, -0.25) is 9.59 Å². The standard InChI is InChI=1S/C18H21N3O2S.ClH/c19-11-13-5-8-21(9-6-13)18(23)15-3-1-2-4-16(15)20-17(22)14-7-10-24-12-14;/h1-4,7,10,12-13H,5-6,8-9,11,19H2,(H,20,22);1H. The second-order valence-electron chi connectivity index (χ2n) is 5.98. The van der Waals surface area contributed by atoms with Gasteiger partial charge in [-0.1, -0.05) is 12.1 Å². The van der Waals surface area contributed by atoms with E-state index in [1.807, 2.05) is 22.4 Å². The lowest BCUT2D eigenvalue weighted by atomic mass is 9.96. The van der Waals surface area contributed by atoms with Crippen LogP contribution in [0.4, 0.5) is 5.69 Å². The molecule has 1 fully saturated rings. The van der Waals surface area contributed by atoms with E-state index in [2.05, 4.69) is 5.32 Å². The van der Waals surface area contributed by atoms with Gasteiger partial charge in [0.2, 0.25) is 0 Å². The zero-order valence-corrected chi connectivity index (χ0v) is 15.4. The van der Waals surface area contributed by atoms with Gasteiger partial charge in [-0.15, -0.1) is 12.4 Å². The maximum atomic E-state index is 12.8. The molecule has 1 aliphatic heterocycles. The van der Waals surface area contributed by atoms with Gasteiger partial charge in [0.1, 0.15) is 0 Å². The summed E-state index contributed by atoms with van der Waals surface area (Å²) in [5, 5.41) is 6.50. The highest BCUT2D eigenvalue weighted by Crippen LogP contribution is 2.22. The molecule has 2 aromatic rings. The maximum absolute atomic E-state index is 12.8. The van der Waals surface area contributed by atoms with Crippen molar-refractivity contribution in [2.75, 3.05) is 25.0 Å². The van der Waals surface area contributed by atoms with E-state index in [0.717, 1.165) is 12.8 Å². The molecule has 0 spiro atoms. The van der Waals surface area contributed by atoms with Gasteiger partial charge in [0.25, 0.3) is 11.8 Å². The van der Waals surface area contributed by atoms with E-state index < -0.39 is 0 Å². The van der Waals surface area contributed by atoms with Crippen LogP contribution in [0.25, 0.3) is 0 Å². The zero-order valence-electron chi connectivity index (χ0n) is 13.8. The van der Waals surface area contributed by atoms with Crippen LogP contribution in [0.2, 0.25) is 0 Å². The number of benzene rings is 1. The van der Waals surface area contributed by atoms with E-state index in [-0.39, 0.29) is 24.2 Å². The van der Waals surface area contributed by atoms with Crippen molar-refractivity contribution in [2.45, 2.75) is 12.8 Å². The number of hydrogen-bond donors (Lipinski definition) is 2. The summed E-state index contributed by atoms with van der Waals surface area (Å²) in [4.78, 5) is 26.9. The van der Waals surface area contributed by atoms with E-state index >= 15 is 0 Å². The molecule has 7 heteroatoms. The van der Waals surface area contributed by atoms with Crippen molar-refractivity contribution in [3.63, 3.8) is 0 Å². The lowest BCUT2D eigenvalue weighted by molar-refractivity contribution is 0.0694. The van der Waals surface area contributed by atoms with Crippen molar-refractivity contribution in [1.29, 1.82) is 0 Å². The quantitative estimate of drug-likeness (QED) is 0.856. The minimum Gasteiger partial charge on any atom is -0.339 e. The minimum absolute atomic E-state index is 0. The highest BCUT2D eigenvalue weighted by molar-refractivity contribution is 7.08. The monoisotopic (exact) mass is 379 g/mol. The van der Waals surface area contributed by atoms with Crippen molar-refractivity contribution in [3.05, 3.63) is 52.2 Å². The van der Waals surface area contributed by atoms with Crippen LogP contribution in [0.1, 0.15) is 33.6 Å². The van der Waals surface area contributed by atoms with Gasteiger partial charge < -0.3 is 16.0 Å². The summed E-state index contributed by atoms with van der Waals surface area (Å²) in [6.45, 7) is 2.11. The van der Waals surface area contributed by atoms with Crippen LogP contribution in [0.15, 0.2) is 41.1 Å². The molecule has 25 heavy (non-hydrogen) atoms. The predicted octanol–water partition coefficient (Wildman–Crippen LogP) is 3.23. The van der Waals surface area contributed by atoms with E-state index in [1.54, 1.807) is 23.6 Å². The van der Waals surface area contributed by atoms with Crippen molar-refractivity contribution >= 4 is 41.2 Å². The molecular weight excluding hydrogens is 358 g/mol. The summed E-state index contributed by atoms with van der Waals surface area (Å²) in [7, 11) is 0. The number of rotatable bonds is 4. The van der Waals surface area contributed by atoms with Gasteiger partial charge in [0.15, 0.2) is 0 Å². The number of nitrogens with one attached hydrogen (secondary N) is 1. The fourth-order valence-electron chi connectivity index (χ4n) is 2.91. The Kier molecular flexibility index (Phi) is 6.99. The van der Waals surface area contributed by atoms with Gasteiger partial charge in [-0.05, 0) is 48.9 Å². The molecule has 2 heterocycles. The number of likely N-dealkylation sites (tertiary alicyclic amines) is 1. The Labute approximate surface area is 157 Å². The summed E-state index contributed by atoms with van der Waals surface area (Å²) in [6.07, 6.45) is 1.87. The third kappa shape index (κ3) is 4.60. The summed E-state index contributed by atoms with van der Waals surface area (Å²) >= 11 is 1.47. The number of amides is 2. The van der Waals surface area contributed by atoms with Gasteiger partial charge in [-0.25, -0.2) is 0 Å². The third-order valence-corrected chi connectivity index (χ3v) is 5.11. The number of para-hydroxylation sites is 1. The molecule has 0 unspecified atom stereocenters. The average molecular weight is 380 g/mol. The van der Waals surface area contributed by atoms with Crippen LogP contribution in [-0.2, 0) is 0 Å². The highest BCUT2D eigenvalue weighted by atomic mass is 35.5. The Hall–Kier alpha value is -1.89. The molecule has 0 bridgehead atoms. The summed E-state index contributed by atoms with van der Waals surface area (Å²) in [5.74, 6) is 0.271. The number of carbonyl (C=O) groups is 2. The molecule has 134 valence electrons. The Morgan fingerprint density at radius 3 is 2.56 bits per heavy atom. The fraction of sp³-hybridized carbons (Fsp3) is 0.333. The van der Waals surface area contributed by atoms with Gasteiger partial charge in [-0.2, -0.15) is 11.3 Å². The van der Waals surface area contributed by atoms with Gasteiger partial charge in [0.05, 0.1) is 16.8 Å². The lowest BCUT2D eigenvalue weighted by Crippen LogP contribution is -2.40. The highest BCUT2D eigenvalue weighted by Gasteiger charge is 2.24. The van der Waals surface area contributed by atoms with E-state index in [4.69, 9.17) is 5.73 Å². The molecule has 2 amide bonds. The van der Waals surface area contributed by atoms with Crippen LogP contribution >= 0.6 is 23.7 Å². The number of piperidine rings is 1. The summed E-state index contributed by atoms with van der Waals surface area (Å²) in [6, 6.07) is 8.94. The van der Waals surface area contributed by atoms with Gasteiger partial charge >= 0.3 is 0 Å². The zero-order chi connectivity index (χ0) is 16.9. The molecule has 3 rings (SSSR count). The summed E-state index contributed by atoms with van der Waals surface area (Å²) in [5.41, 5.74) is 7.40. The van der Waals surface area contributed by atoms with Crippen LogP contribution in [0, 0.1) is 5.92 Å². The molecule has 0 saturated carbocycles. The molecule has 0 radical (unpaired) electrons. The van der Waals surface area contributed by atoms with E-state index in [0.29, 0.717) is 42.4 Å². The first kappa shape index (κ1) is 19.4. The van der Waals surface area contributed by atoms with Crippen LogP contribution in [-0.4, -0.2) is 36.3 Å². The fourth-order valence-corrected chi connectivity index (χ4v) is 3.54. The first-order valence-electron chi connectivity index (χ1n) is 8.11. The van der Waals surface area contributed by atoms with Crippen LogP contribution in [0.3, 0.4) is 0 Å². The van der Waals surface area contributed by atoms with E-state index in [9.17, 15) is 9.59 Å². The number of hydrogen-bond acceptors (Lipinski definition) is 4. The topological polar surface area (TPSA) is 75.4 Å². The SMILES string of the molecule is Cl.NCC1CCN(C(=O)c2ccccc2NC(=O)c2ccsc2)CC1. The molecule has 1 aromatic carbocycles. The third-order valence-electron chi connectivity index (χ3n) is 4.42. The van der Waals surface area contributed by atoms with Crippen molar-refractivity contribution < 1.29 is 9.59 Å². The second-order valence-corrected chi connectivity index (χ2v) is 6.76. The predicted molar refractivity (Wildman–Crippen MR) is 104 cm³/mol. The van der Waals surface area contributed by atoms with E-state index in [1.165, 1.54) is 11.3 Å². The normalized spacial score (nSPS) is 14.7. The van der Waals surface area contributed by atoms with Crippen LogP contribution < -0.4 is 11.1 Å². The maximum Gasteiger partial charge on any atom is 0.256 e. The molecule has 1 aliphatic rings. The summed E-state index contributed by atoms with van der Waals surface area (Å²) < 4.78 is 0. The largest absolute Gasteiger partial charge is 0.339 e. The first-order valence-corrected chi connectivity index (χ1v) is 9.05. The number of halogens is 1. The Balaban J connectivity index is 0.00000225. The van der Waals surface area contributed by atoms with Crippen molar-refractivity contribution in [2.24, 2.45) is 11.7 Å². The molecular formula is C18H22ClN3O2S. The first-order chi connectivity index (χ1) is 11.7. The average Bonchev–Trinajstić information content (AvgIpc) is 3.16. The molecule has 3 N–H and O–H groups in total. The van der Waals surface area contributed by atoms with Gasteiger partial charge in [0, 0.05) is 18.5 Å². The molecule has 1 saturated heterocycles. The Morgan fingerprint density at radius 2 is 1.92 bits per heavy atom. The minimum atomic E-state index is -0.196.